The summed E-state index contributed by atoms with van der Waals surface area (Å²) in [4.78, 5) is 17.1. The summed E-state index contributed by atoms with van der Waals surface area (Å²) in [5.41, 5.74) is 3.22. The number of anilines is 3. The lowest BCUT2D eigenvalue weighted by molar-refractivity contribution is 0.102. The third-order valence-electron chi connectivity index (χ3n) is 4.48. The summed E-state index contributed by atoms with van der Waals surface area (Å²) in [6.45, 7) is 2.04. The molecule has 0 saturated carbocycles. The maximum atomic E-state index is 12.6. The summed E-state index contributed by atoms with van der Waals surface area (Å²) in [5, 5.41) is 10.4. The minimum absolute atomic E-state index is 0.0202. The smallest absolute Gasteiger partial charge is 0.357 e. The number of benzene rings is 2. The van der Waals surface area contributed by atoms with E-state index in [4.69, 9.17) is 8.74 Å². The minimum atomic E-state index is -2.52. The lowest BCUT2D eigenvalue weighted by atomic mass is 10.2. The molecule has 10 heteroatoms. The predicted molar refractivity (Wildman–Crippen MR) is 118 cm³/mol. The fourth-order valence-electron chi connectivity index (χ4n) is 3.02. The zero-order chi connectivity index (χ0) is 21.8. The Morgan fingerprint density at radius 2 is 1.87 bits per heavy atom. The summed E-state index contributed by atoms with van der Waals surface area (Å²) in [6.07, 6.45) is 2.50. The highest BCUT2D eigenvalue weighted by Crippen LogP contribution is 2.23. The van der Waals surface area contributed by atoms with E-state index in [1.54, 1.807) is 35.0 Å². The molecule has 9 nitrogen and oxygen atoms in total. The number of rotatable bonds is 7. The third kappa shape index (κ3) is 4.71. The highest BCUT2D eigenvalue weighted by molar-refractivity contribution is 7.74. The Balaban J connectivity index is 1.50. The molecule has 1 amide bonds. The SMILES string of the molecule is CCc1cc(Nc2ccc(NC(=O)c3ccccc3OS(=O)O)cc2)n2nccc2n1. The van der Waals surface area contributed by atoms with Gasteiger partial charge < -0.3 is 14.8 Å². The lowest BCUT2D eigenvalue weighted by Crippen LogP contribution is -2.14. The molecule has 0 radical (unpaired) electrons. The van der Waals surface area contributed by atoms with Crippen molar-refractivity contribution >= 4 is 40.1 Å². The van der Waals surface area contributed by atoms with E-state index < -0.39 is 17.3 Å². The second kappa shape index (κ2) is 8.94. The van der Waals surface area contributed by atoms with Crippen LogP contribution in [0.25, 0.3) is 5.65 Å². The molecule has 0 aliphatic carbocycles. The third-order valence-corrected chi connectivity index (χ3v) is 4.80. The van der Waals surface area contributed by atoms with Gasteiger partial charge in [0.05, 0.1) is 11.8 Å². The number of fused-ring (bicyclic) bond motifs is 1. The number of carbonyl (C=O) groups excluding carboxylic acids is 1. The van der Waals surface area contributed by atoms with E-state index in [0.29, 0.717) is 5.69 Å². The van der Waals surface area contributed by atoms with Crippen molar-refractivity contribution in [1.82, 2.24) is 14.6 Å². The number of nitrogens with zero attached hydrogens (tertiary/aromatic N) is 3. The molecule has 0 spiro atoms. The van der Waals surface area contributed by atoms with Crippen LogP contribution in [0.2, 0.25) is 0 Å². The van der Waals surface area contributed by atoms with Crippen molar-refractivity contribution in [3.05, 3.63) is 78.1 Å². The van der Waals surface area contributed by atoms with Gasteiger partial charge in [0.2, 0.25) is 0 Å². The predicted octanol–water partition coefficient (Wildman–Crippen LogP) is 3.80. The van der Waals surface area contributed by atoms with E-state index in [1.807, 2.05) is 31.2 Å². The highest BCUT2D eigenvalue weighted by atomic mass is 32.2. The van der Waals surface area contributed by atoms with E-state index >= 15 is 0 Å². The molecule has 4 rings (SSSR count). The van der Waals surface area contributed by atoms with Gasteiger partial charge in [-0.15, -0.1) is 0 Å². The molecule has 31 heavy (non-hydrogen) atoms. The molecule has 1 unspecified atom stereocenters. The van der Waals surface area contributed by atoms with Crippen LogP contribution in [-0.2, 0) is 17.8 Å². The number of aromatic nitrogens is 3. The van der Waals surface area contributed by atoms with Crippen molar-refractivity contribution in [2.45, 2.75) is 13.3 Å². The summed E-state index contributed by atoms with van der Waals surface area (Å²) in [5.74, 6) is 0.347. The maximum Gasteiger partial charge on any atom is 0.357 e. The van der Waals surface area contributed by atoms with E-state index in [-0.39, 0.29) is 11.3 Å². The summed E-state index contributed by atoms with van der Waals surface area (Å²) in [6, 6.07) is 17.1. The van der Waals surface area contributed by atoms with E-state index in [9.17, 15) is 9.00 Å². The van der Waals surface area contributed by atoms with Gasteiger partial charge in [0.25, 0.3) is 5.91 Å². The molecule has 158 valence electrons. The van der Waals surface area contributed by atoms with Crippen LogP contribution in [0.5, 0.6) is 5.75 Å². The number of carbonyl (C=O) groups is 1. The zero-order valence-electron chi connectivity index (χ0n) is 16.5. The zero-order valence-corrected chi connectivity index (χ0v) is 17.3. The fraction of sp³-hybridized carbons (Fsp3) is 0.0952. The van der Waals surface area contributed by atoms with Crippen LogP contribution in [0.1, 0.15) is 23.0 Å². The van der Waals surface area contributed by atoms with Crippen molar-refractivity contribution in [2.75, 3.05) is 10.6 Å². The van der Waals surface area contributed by atoms with Crippen LogP contribution in [0.3, 0.4) is 0 Å². The Bertz CT molecular complexity index is 1260. The molecule has 0 fully saturated rings. The van der Waals surface area contributed by atoms with E-state index in [2.05, 4.69) is 20.7 Å². The van der Waals surface area contributed by atoms with Gasteiger partial charge in [-0.1, -0.05) is 19.1 Å². The largest absolute Gasteiger partial charge is 0.379 e. The normalized spacial score (nSPS) is 11.8. The molecule has 0 saturated heterocycles. The molecule has 0 aliphatic rings. The summed E-state index contributed by atoms with van der Waals surface area (Å²) >= 11 is -2.52. The number of para-hydroxylation sites is 1. The van der Waals surface area contributed by atoms with Gasteiger partial charge in [-0.25, -0.2) is 4.98 Å². The molecule has 0 bridgehead atoms. The average Bonchev–Trinajstić information content (AvgIpc) is 3.24. The molecule has 2 heterocycles. The van der Waals surface area contributed by atoms with Gasteiger partial charge in [0, 0.05) is 29.2 Å². The van der Waals surface area contributed by atoms with Gasteiger partial charge >= 0.3 is 11.4 Å². The second-order valence-corrected chi connectivity index (χ2v) is 7.14. The second-order valence-electron chi connectivity index (χ2n) is 6.54. The Kier molecular flexibility index (Phi) is 5.92. The van der Waals surface area contributed by atoms with Crippen LogP contribution in [0.4, 0.5) is 17.2 Å². The van der Waals surface area contributed by atoms with Crippen LogP contribution in [0, 0.1) is 0 Å². The summed E-state index contributed by atoms with van der Waals surface area (Å²) < 4.78 is 26.4. The monoisotopic (exact) mass is 437 g/mol. The first kappa shape index (κ1) is 20.5. The number of amides is 1. The quantitative estimate of drug-likeness (QED) is 0.376. The van der Waals surface area contributed by atoms with Crippen molar-refractivity contribution in [3.63, 3.8) is 0 Å². The number of hydrogen-bond donors (Lipinski definition) is 3. The first-order chi connectivity index (χ1) is 15.0. The first-order valence-corrected chi connectivity index (χ1v) is 10.5. The Labute approximate surface area is 180 Å². The van der Waals surface area contributed by atoms with Crippen LogP contribution in [0.15, 0.2) is 66.9 Å². The van der Waals surface area contributed by atoms with Crippen LogP contribution in [-0.4, -0.2) is 29.3 Å². The van der Waals surface area contributed by atoms with Gasteiger partial charge in [0.1, 0.15) is 5.82 Å². The molecule has 3 N–H and O–H groups in total. The van der Waals surface area contributed by atoms with Gasteiger partial charge in [-0.3, -0.25) is 9.35 Å². The van der Waals surface area contributed by atoms with Crippen molar-refractivity contribution in [2.24, 2.45) is 0 Å². The maximum absolute atomic E-state index is 12.6. The van der Waals surface area contributed by atoms with Gasteiger partial charge in [0.15, 0.2) is 11.4 Å². The number of aryl methyl sites for hydroxylation is 1. The van der Waals surface area contributed by atoms with Gasteiger partial charge in [-0.05, 0) is 42.8 Å². The molecule has 1 atom stereocenters. The lowest BCUT2D eigenvalue weighted by Gasteiger charge is -2.12. The minimum Gasteiger partial charge on any atom is -0.379 e. The number of nitrogens with one attached hydrogen (secondary N) is 2. The molecule has 2 aromatic heterocycles. The molecular weight excluding hydrogens is 418 g/mol. The molecule has 0 aliphatic heterocycles. The Morgan fingerprint density at radius 1 is 1.13 bits per heavy atom. The summed E-state index contributed by atoms with van der Waals surface area (Å²) in [7, 11) is 0. The fourth-order valence-corrected chi connectivity index (χ4v) is 3.32. The average molecular weight is 437 g/mol. The van der Waals surface area contributed by atoms with Crippen LogP contribution < -0.4 is 14.8 Å². The van der Waals surface area contributed by atoms with Crippen molar-refractivity contribution in [1.29, 1.82) is 0 Å². The Hall–Kier alpha value is -3.76. The van der Waals surface area contributed by atoms with Crippen molar-refractivity contribution in [3.8, 4) is 5.75 Å². The molecule has 2 aromatic carbocycles. The topological polar surface area (TPSA) is 118 Å². The van der Waals surface area contributed by atoms with E-state index in [1.165, 1.54) is 12.1 Å². The first-order valence-electron chi connectivity index (χ1n) is 9.44. The van der Waals surface area contributed by atoms with E-state index in [0.717, 1.165) is 29.3 Å². The molecular formula is C21H19N5O4S. The van der Waals surface area contributed by atoms with Crippen molar-refractivity contribution < 1.29 is 17.7 Å². The Morgan fingerprint density at radius 3 is 2.61 bits per heavy atom. The highest BCUT2D eigenvalue weighted by Gasteiger charge is 2.14. The van der Waals surface area contributed by atoms with Gasteiger partial charge in [-0.2, -0.15) is 13.8 Å². The number of hydrogen-bond acceptors (Lipinski definition) is 6. The molecule has 4 aromatic rings. The standard InChI is InChI=1S/C21H19N5O4S/c1-2-14-13-20(26-19(23-14)11-12-22-26)24-15-7-9-16(10-8-15)25-21(27)17-5-3-4-6-18(17)30-31(28)29/h3-13,24H,2H2,1H3,(H,25,27)(H,28,29). The van der Waals surface area contributed by atoms with Crippen LogP contribution >= 0.6 is 0 Å².